The minimum atomic E-state index is -0.517. The van der Waals surface area contributed by atoms with Crippen LogP contribution in [0.1, 0.15) is 16.7 Å². The summed E-state index contributed by atoms with van der Waals surface area (Å²) in [4.78, 5) is 12.6. The number of methoxy groups -OCH3 is 1. The first-order chi connectivity index (χ1) is 15.4. The first-order valence-corrected chi connectivity index (χ1v) is 10.4. The highest BCUT2D eigenvalue weighted by Gasteiger charge is 2.15. The average Bonchev–Trinajstić information content (AvgIpc) is 2.78. The molecule has 3 aromatic rings. The molecule has 0 saturated heterocycles. The van der Waals surface area contributed by atoms with Crippen molar-refractivity contribution in [1.82, 2.24) is 0 Å². The van der Waals surface area contributed by atoms with Crippen molar-refractivity contribution in [2.45, 2.75) is 13.5 Å². The number of hydrogen-bond acceptors (Lipinski definition) is 4. The van der Waals surface area contributed by atoms with E-state index in [2.05, 4.69) is 21.2 Å². The third kappa shape index (κ3) is 5.54. The third-order valence-corrected chi connectivity index (χ3v) is 5.24. The predicted molar refractivity (Wildman–Crippen MR) is 125 cm³/mol. The van der Waals surface area contributed by atoms with Gasteiger partial charge in [0, 0.05) is 11.3 Å². The highest BCUT2D eigenvalue weighted by atomic mass is 79.9. The fourth-order valence-corrected chi connectivity index (χ4v) is 3.52. The summed E-state index contributed by atoms with van der Waals surface area (Å²) in [5, 5.41) is 12.3. The second kappa shape index (κ2) is 10.6. The highest BCUT2D eigenvalue weighted by molar-refractivity contribution is 9.10. The molecule has 0 aliphatic rings. The molecule has 7 heteroatoms. The molecular weight excluding hydrogens is 475 g/mol. The minimum Gasteiger partial charge on any atom is -0.493 e. The molecule has 0 unspecified atom stereocenters. The Bertz CT molecular complexity index is 1220. The lowest BCUT2D eigenvalue weighted by Crippen LogP contribution is -2.14. The van der Waals surface area contributed by atoms with Gasteiger partial charge in [0.1, 0.15) is 24.1 Å². The fourth-order valence-electron chi connectivity index (χ4n) is 2.95. The van der Waals surface area contributed by atoms with Gasteiger partial charge in [-0.2, -0.15) is 5.26 Å². The number of hydrogen-bond donors (Lipinski definition) is 1. The molecule has 3 rings (SSSR count). The zero-order valence-electron chi connectivity index (χ0n) is 17.5. The summed E-state index contributed by atoms with van der Waals surface area (Å²) in [6.45, 7) is 1.88. The van der Waals surface area contributed by atoms with Crippen molar-refractivity contribution in [3.63, 3.8) is 0 Å². The normalized spacial score (nSPS) is 10.9. The zero-order chi connectivity index (χ0) is 23.1. The third-order valence-electron chi connectivity index (χ3n) is 4.65. The molecule has 0 fully saturated rings. The van der Waals surface area contributed by atoms with Gasteiger partial charge in [-0.05, 0) is 64.3 Å². The topological polar surface area (TPSA) is 71.3 Å². The van der Waals surface area contributed by atoms with Crippen LogP contribution in [0.25, 0.3) is 6.08 Å². The number of halogens is 2. The van der Waals surface area contributed by atoms with Gasteiger partial charge in [0.15, 0.2) is 11.5 Å². The van der Waals surface area contributed by atoms with Crippen LogP contribution in [0.2, 0.25) is 0 Å². The number of nitriles is 1. The van der Waals surface area contributed by atoms with Crippen LogP contribution in [0.4, 0.5) is 10.1 Å². The molecule has 3 aromatic carbocycles. The highest BCUT2D eigenvalue weighted by Crippen LogP contribution is 2.38. The van der Waals surface area contributed by atoms with Gasteiger partial charge in [-0.25, -0.2) is 4.39 Å². The van der Waals surface area contributed by atoms with Crippen LogP contribution in [0.3, 0.4) is 0 Å². The van der Waals surface area contributed by atoms with Crippen molar-refractivity contribution >= 4 is 33.6 Å². The summed E-state index contributed by atoms with van der Waals surface area (Å²) in [6, 6.07) is 18.9. The fraction of sp³-hybridized carbons (Fsp3) is 0.120. The monoisotopic (exact) mass is 494 g/mol. The lowest BCUT2D eigenvalue weighted by atomic mass is 10.1. The van der Waals surface area contributed by atoms with E-state index in [1.165, 1.54) is 19.3 Å². The summed E-state index contributed by atoms with van der Waals surface area (Å²) < 4.78 is 25.6. The number of carbonyl (C=O) groups excluding carboxylic acids is 1. The Morgan fingerprint density at radius 2 is 1.91 bits per heavy atom. The molecule has 5 nitrogen and oxygen atoms in total. The Kier molecular flexibility index (Phi) is 7.63. The average molecular weight is 495 g/mol. The van der Waals surface area contributed by atoms with E-state index in [1.807, 2.05) is 25.1 Å². The first-order valence-electron chi connectivity index (χ1n) is 9.65. The molecule has 0 spiro atoms. The molecular formula is C25H20BrFN2O3. The van der Waals surface area contributed by atoms with Gasteiger partial charge in [0.25, 0.3) is 5.91 Å². The zero-order valence-corrected chi connectivity index (χ0v) is 19.1. The van der Waals surface area contributed by atoms with Crippen molar-refractivity contribution in [2.24, 2.45) is 0 Å². The maximum atomic E-state index is 13.9. The van der Waals surface area contributed by atoms with Crippen LogP contribution >= 0.6 is 15.9 Å². The molecule has 1 N–H and O–H groups in total. The smallest absolute Gasteiger partial charge is 0.266 e. The summed E-state index contributed by atoms with van der Waals surface area (Å²) >= 11 is 3.43. The molecule has 162 valence electrons. The van der Waals surface area contributed by atoms with Gasteiger partial charge in [-0.15, -0.1) is 0 Å². The van der Waals surface area contributed by atoms with Crippen LogP contribution in [-0.2, 0) is 11.4 Å². The number of anilines is 1. The number of nitrogens with one attached hydrogen (secondary N) is 1. The number of benzene rings is 3. The van der Waals surface area contributed by atoms with Crippen LogP contribution in [0.15, 0.2) is 70.7 Å². The SMILES string of the molecule is COc1cc(/C=C(/C#N)C(=O)Nc2ccccc2C)cc(Br)c1OCc1ccccc1F. The number of rotatable bonds is 7. The summed E-state index contributed by atoms with van der Waals surface area (Å²) in [6.07, 6.45) is 1.46. The Balaban J connectivity index is 1.84. The number of nitrogens with zero attached hydrogens (tertiary/aromatic N) is 1. The Labute approximate surface area is 194 Å². The van der Waals surface area contributed by atoms with E-state index in [4.69, 9.17) is 9.47 Å². The molecule has 32 heavy (non-hydrogen) atoms. The lowest BCUT2D eigenvalue weighted by molar-refractivity contribution is -0.112. The van der Waals surface area contributed by atoms with E-state index in [0.29, 0.717) is 32.8 Å². The van der Waals surface area contributed by atoms with E-state index in [-0.39, 0.29) is 18.0 Å². The summed E-state index contributed by atoms with van der Waals surface area (Å²) in [7, 11) is 1.47. The van der Waals surface area contributed by atoms with Crippen LogP contribution in [0.5, 0.6) is 11.5 Å². The van der Waals surface area contributed by atoms with Gasteiger partial charge >= 0.3 is 0 Å². The Hall–Kier alpha value is -3.63. The van der Waals surface area contributed by atoms with Crippen molar-refractivity contribution in [1.29, 1.82) is 5.26 Å². The summed E-state index contributed by atoms with van der Waals surface area (Å²) in [5.74, 6) is -0.119. The molecule has 1 amide bonds. The molecule has 0 aromatic heterocycles. The lowest BCUT2D eigenvalue weighted by Gasteiger charge is -2.14. The number of aryl methyl sites for hydroxylation is 1. The first kappa shape index (κ1) is 23.0. The minimum absolute atomic E-state index is 0.0130. The standard InChI is InChI=1S/C25H20BrFN2O3/c1-16-7-3-6-10-22(16)29-25(30)19(14-28)11-17-12-20(26)24(23(13-17)31-2)32-15-18-8-4-5-9-21(18)27/h3-13H,15H2,1-2H3,(H,29,30)/b19-11-. The molecule has 0 aliphatic carbocycles. The molecule has 0 heterocycles. The molecule has 0 atom stereocenters. The quantitative estimate of drug-likeness (QED) is 0.321. The molecule has 0 aliphatic heterocycles. The van der Waals surface area contributed by atoms with E-state index in [1.54, 1.807) is 42.5 Å². The maximum absolute atomic E-state index is 13.9. The number of amides is 1. The van der Waals surface area contributed by atoms with Crippen LogP contribution in [0, 0.1) is 24.1 Å². The second-order valence-corrected chi connectivity index (χ2v) is 7.71. The van der Waals surface area contributed by atoms with E-state index in [9.17, 15) is 14.4 Å². The van der Waals surface area contributed by atoms with Gasteiger partial charge in [-0.3, -0.25) is 4.79 Å². The molecule has 0 bridgehead atoms. The van der Waals surface area contributed by atoms with Crippen LogP contribution < -0.4 is 14.8 Å². The van der Waals surface area contributed by atoms with Crippen molar-refractivity contribution < 1.29 is 18.7 Å². The van der Waals surface area contributed by atoms with Crippen molar-refractivity contribution in [2.75, 3.05) is 12.4 Å². The van der Waals surface area contributed by atoms with E-state index < -0.39 is 5.91 Å². The second-order valence-electron chi connectivity index (χ2n) is 6.85. The number of para-hydroxylation sites is 1. The van der Waals surface area contributed by atoms with E-state index in [0.717, 1.165) is 5.56 Å². The predicted octanol–water partition coefficient (Wildman–Crippen LogP) is 6.03. The number of ether oxygens (including phenoxy) is 2. The Morgan fingerprint density at radius 1 is 1.19 bits per heavy atom. The van der Waals surface area contributed by atoms with Crippen LogP contribution in [-0.4, -0.2) is 13.0 Å². The number of carbonyl (C=O) groups is 1. The van der Waals surface area contributed by atoms with Gasteiger partial charge in [0.2, 0.25) is 0 Å². The largest absolute Gasteiger partial charge is 0.493 e. The summed E-state index contributed by atoms with van der Waals surface area (Å²) in [5.41, 5.74) is 2.42. The van der Waals surface area contributed by atoms with Gasteiger partial charge in [0.05, 0.1) is 11.6 Å². The van der Waals surface area contributed by atoms with E-state index >= 15 is 0 Å². The van der Waals surface area contributed by atoms with Gasteiger partial charge in [-0.1, -0.05) is 36.4 Å². The van der Waals surface area contributed by atoms with Gasteiger partial charge < -0.3 is 14.8 Å². The van der Waals surface area contributed by atoms with Crippen molar-refractivity contribution in [3.8, 4) is 17.6 Å². The molecule has 0 radical (unpaired) electrons. The molecule has 0 saturated carbocycles. The maximum Gasteiger partial charge on any atom is 0.266 e. The Morgan fingerprint density at radius 3 is 2.59 bits per heavy atom. The van der Waals surface area contributed by atoms with Crippen molar-refractivity contribution in [3.05, 3.63) is 93.2 Å².